The number of hydrogen-bond donors (Lipinski definition) is 2. The topological polar surface area (TPSA) is 114 Å². The molecule has 7 rings (SSSR count). The molecule has 2 saturated heterocycles. The van der Waals surface area contributed by atoms with Gasteiger partial charge in [0.2, 0.25) is 0 Å². The van der Waals surface area contributed by atoms with Gasteiger partial charge in [-0.2, -0.15) is 0 Å². The number of benzene rings is 4. The number of piperidine rings is 2. The van der Waals surface area contributed by atoms with E-state index in [0.717, 1.165) is 62.7 Å². The maximum atomic E-state index is 12.3. The highest BCUT2D eigenvalue weighted by Crippen LogP contribution is 2.43. The number of fused-ring (bicyclic) bond motifs is 2. The Labute approximate surface area is 295 Å². The minimum absolute atomic E-state index is 0.100. The van der Waals surface area contributed by atoms with E-state index in [0.29, 0.717) is 32.8 Å². The first kappa shape index (κ1) is 36.1. The van der Waals surface area contributed by atoms with Crippen molar-refractivity contribution >= 4 is 24.2 Å². The largest absolute Gasteiger partial charge is 0.445 e. The van der Waals surface area contributed by atoms with E-state index in [-0.39, 0.29) is 23.5 Å². The monoisotopic (exact) mass is 676 g/mol. The lowest BCUT2D eigenvalue weighted by Crippen LogP contribution is -2.46. The maximum Gasteiger partial charge on any atom is 0.410 e. The third-order valence-corrected chi connectivity index (χ3v) is 9.57. The average Bonchev–Trinajstić information content (AvgIpc) is 3.55. The van der Waals surface area contributed by atoms with Gasteiger partial charge in [-0.1, -0.05) is 109 Å². The van der Waals surface area contributed by atoms with E-state index in [1.54, 1.807) is 4.90 Å². The third-order valence-electron chi connectivity index (χ3n) is 9.57. The summed E-state index contributed by atoms with van der Waals surface area (Å²) in [5.74, 6) is 0.100. The molecule has 0 bridgehead atoms. The van der Waals surface area contributed by atoms with E-state index in [1.807, 2.05) is 95.9 Å². The van der Waals surface area contributed by atoms with Gasteiger partial charge in [0.15, 0.2) is 0 Å². The van der Waals surface area contributed by atoms with Crippen LogP contribution in [0.3, 0.4) is 0 Å². The van der Waals surface area contributed by atoms with Crippen LogP contribution < -0.4 is 11.1 Å². The van der Waals surface area contributed by atoms with Crippen molar-refractivity contribution in [2.45, 2.75) is 50.9 Å². The lowest BCUT2D eigenvalue weighted by molar-refractivity contribution is -0.112. The Bertz CT molecular complexity index is 1620. The van der Waals surface area contributed by atoms with E-state index >= 15 is 0 Å². The van der Waals surface area contributed by atoms with Crippen molar-refractivity contribution < 1.29 is 23.9 Å². The highest BCUT2D eigenvalue weighted by Gasteiger charge is 2.42. The first-order valence-electron chi connectivity index (χ1n) is 17.4. The number of para-hydroxylation sites is 1. The summed E-state index contributed by atoms with van der Waals surface area (Å²) in [6.45, 7) is 4.97. The summed E-state index contributed by atoms with van der Waals surface area (Å²) in [5.41, 5.74) is 11.4. The summed E-state index contributed by atoms with van der Waals surface area (Å²) in [4.78, 5) is 38.2. The molecule has 3 aliphatic heterocycles. The average molecular weight is 677 g/mol. The number of ether oxygens (including phenoxy) is 2. The van der Waals surface area contributed by atoms with Crippen molar-refractivity contribution in [2.24, 2.45) is 11.7 Å². The zero-order chi connectivity index (χ0) is 35.0. The molecule has 9 nitrogen and oxygen atoms in total. The number of aldehydes is 1. The van der Waals surface area contributed by atoms with Crippen LogP contribution >= 0.6 is 0 Å². The van der Waals surface area contributed by atoms with E-state index in [1.165, 1.54) is 16.8 Å². The van der Waals surface area contributed by atoms with Crippen molar-refractivity contribution in [3.8, 4) is 0 Å². The van der Waals surface area contributed by atoms with Crippen LogP contribution in [0.25, 0.3) is 0 Å². The Kier molecular flexibility index (Phi) is 13.4. The van der Waals surface area contributed by atoms with Crippen molar-refractivity contribution in [2.75, 3.05) is 38.0 Å². The first-order chi connectivity index (χ1) is 24.5. The van der Waals surface area contributed by atoms with Gasteiger partial charge in [-0.3, -0.25) is 0 Å². The number of likely N-dealkylation sites (tertiary alicyclic amines) is 2. The van der Waals surface area contributed by atoms with Crippen molar-refractivity contribution in [1.82, 2.24) is 9.80 Å². The first-order valence-corrected chi connectivity index (χ1v) is 17.4. The molecule has 0 aliphatic carbocycles. The Morgan fingerprint density at radius 1 is 0.680 bits per heavy atom. The molecule has 0 saturated carbocycles. The summed E-state index contributed by atoms with van der Waals surface area (Å²) in [6, 6.07) is 37.9. The SMILES string of the molecule is NCc1ccccc1.O=C(OCc1ccccc1)N1CCC2(CC1)CNc1ccccc12.O=CC1CCN(C(=O)OCc2ccccc2)CC1. The molecule has 9 heteroatoms. The highest BCUT2D eigenvalue weighted by atomic mass is 16.6. The molecule has 4 aromatic rings. The molecule has 0 aromatic heterocycles. The van der Waals surface area contributed by atoms with Gasteiger partial charge in [0, 0.05) is 56.3 Å². The van der Waals surface area contributed by atoms with E-state index in [4.69, 9.17) is 15.2 Å². The number of nitrogens with one attached hydrogen (secondary N) is 1. The molecule has 0 atom stereocenters. The van der Waals surface area contributed by atoms with Crippen LogP contribution in [0.15, 0.2) is 115 Å². The minimum Gasteiger partial charge on any atom is -0.445 e. The van der Waals surface area contributed by atoms with Crippen LogP contribution in [0.5, 0.6) is 0 Å². The second-order valence-corrected chi connectivity index (χ2v) is 12.9. The quantitative estimate of drug-likeness (QED) is 0.208. The lowest BCUT2D eigenvalue weighted by atomic mass is 9.74. The van der Waals surface area contributed by atoms with E-state index in [2.05, 4.69) is 29.6 Å². The van der Waals surface area contributed by atoms with Gasteiger partial charge in [-0.25, -0.2) is 9.59 Å². The molecule has 3 heterocycles. The number of anilines is 1. The zero-order valence-electron chi connectivity index (χ0n) is 28.6. The fourth-order valence-corrected chi connectivity index (χ4v) is 6.48. The Morgan fingerprint density at radius 2 is 1.14 bits per heavy atom. The lowest BCUT2D eigenvalue weighted by Gasteiger charge is -2.38. The van der Waals surface area contributed by atoms with Crippen LogP contribution in [0.1, 0.15) is 47.9 Å². The zero-order valence-corrected chi connectivity index (χ0v) is 28.6. The molecule has 2 fully saturated rings. The fourth-order valence-electron chi connectivity index (χ4n) is 6.48. The molecular weight excluding hydrogens is 628 g/mol. The predicted octanol–water partition coefficient (Wildman–Crippen LogP) is 7.16. The minimum atomic E-state index is -0.289. The second kappa shape index (κ2) is 18.6. The van der Waals surface area contributed by atoms with Gasteiger partial charge >= 0.3 is 12.2 Å². The summed E-state index contributed by atoms with van der Waals surface area (Å²) in [5, 5.41) is 3.52. The van der Waals surface area contributed by atoms with Crippen molar-refractivity contribution in [3.63, 3.8) is 0 Å². The Balaban J connectivity index is 0.000000164. The number of carbonyl (C=O) groups is 3. The predicted molar refractivity (Wildman–Crippen MR) is 195 cm³/mol. The normalized spacial score (nSPS) is 16.0. The van der Waals surface area contributed by atoms with Gasteiger partial charge in [0.05, 0.1) is 0 Å². The number of carbonyl (C=O) groups excluding carboxylic acids is 3. The van der Waals surface area contributed by atoms with Crippen LogP contribution in [0.2, 0.25) is 0 Å². The van der Waals surface area contributed by atoms with Gasteiger partial charge < -0.3 is 35.1 Å². The van der Waals surface area contributed by atoms with E-state index < -0.39 is 0 Å². The molecule has 1 spiro atoms. The Morgan fingerprint density at radius 3 is 1.62 bits per heavy atom. The standard InChI is InChI=1S/C20H22N2O2.C14H17NO3.C7H9N/c23-19(24-14-16-6-2-1-3-7-16)22-12-10-20(11-13-22)15-21-18-9-5-4-8-17(18)20;16-10-12-6-8-15(9-7-12)14(17)18-11-13-4-2-1-3-5-13;8-6-7-4-2-1-3-5-7/h1-9,21H,10-15H2;1-5,10,12H,6-9,11H2;1-5H,6,8H2. The molecule has 3 aliphatic rings. The third kappa shape index (κ3) is 10.2. The van der Waals surface area contributed by atoms with Crippen molar-refractivity contribution in [1.29, 1.82) is 0 Å². The Hall–Kier alpha value is -5.15. The molecular formula is C41H48N4O5. The van der Waals surface area contributed by atoms with Gasteiger partial charge in [-0.05, 0) is 54.0 Å². The number of nitrogens with zero attached hydrogens (tertiary/aromatic N) is 2. The van der Waals surface area contributed by atoms with Crippen molar-refractivity contribution in [3.05, 3.63) is 138 Å². The fraction of sp³-hybridized carbons (Fsp3) is 0.341. The molecule has 4 aromatic carbocycles. The molecule has 3 N–H and O–H groups in total. The molecule has 0 unspecified atom stereocenters. The second-order valence-electron chi connectivity index (χ2n) is 12.9. The van der Waals surface area contributed by atoms with E-state index in [9.17, 15) is 14.4 Å². The van der Waals surface area contributed by atoms with Gasteiger partial charge in [-0.15, -0.1) is 0 Å². The number of hydrogen-bond acceptors (Lipinski definition) is 7. The van der Waals surface area contributed by atoms with Crippen LogP contribution in [-0.2, 0) is 39.4 Å². The molecule has 50 heavy (non-hydrogen) atoms. The molecule has 0 radical (unpaired) electrons. The number of amides is 2. The summed E-state index contributed by atoms with van der Waals surface area (Å²) in [6.07, 6.45) is 3.94. The molecule has 2 amide bonds. The summed E-state index contributed by atoms with van der Waals surface area (Å²) < 4.78 is 10.7. The van der Waals surface area contributed by atoms with Gasteiger partial charge in [0.1, 0.15) is 19.5 Å². The maximum absolute atomic E-state index is 12.3. The van der Waals surface area contributed by atoms with Gasteiger partial charge in [0.25, 0.3) is 0 Å². The van der Waals surface area contributed by atoms with Crippen LogP contribution in [-0.4, -0.2) is 61.0 Å². The highest BCUT2D eigenvalue weighted by molar-refractivity contribution is 5.69. The van der Waals surface area contributed by atoms with Crippen LogP contribution in [0.4, 0.5) is 15.3 Å². The number of rotatable bonds is 6. The smallest absolute Gasteiger partial charge is 0.410 e. The van der Waals surface area contributed by atoms with Crippen LogP contribution in [0, 0.1) is 5.92 Å². The summed E-state index contributed by atoms with van der Waals surface area (Å²) in [7, 11) is 0. The number of nitrogens with two attached hydrogens (primary N) is 1. The molecule has 262 valence electrons. The summed E-state index contributed by atoms with van der Waals surface area (Å²) >= 11 is 0.